The molecule has 32 heavy (non-hydrogen) atoms. The third-order valence-electron chi connectivity index (χ3n) is 5.10. The number of amides is 1. The first kappa shape index (κ1) is 21.1. The van der Waals surface area contributed by atoms with E-state index in [9.17, 15) is 9.59 Å². The molecule has 2 aromatic carbocycles. The zero-order valence-corrected chi connectivity index (χ0v) is 17.5. The van der Waals surface area contributed by atoms with Gasteiger partial charge in [0.1, 0.15) is 23.3 Å². The molecule has 0 radical (unpaired) electrons. The number of benzene rings is 2. The zero-order valence-electron chi connectivity index (χ0n) is 17.5. The van der Waals surface area contributed by atoms with Gasteiger partial charge >= 0.3 is 5.97 Å². The summed E-state index contributed by atoms with van der Waals surface area (Å²) in [6.07, 6.45) is 1.28. The molecule has 160 valence electrons. The first-order chi connectivity index (χ1) is 15.5. The third kappa shape index (κ3) is 4.93. The Labute approximate surface area is 185 Å². The summed E-state index contributed by atoms with van der Waals surface area (Å²) in [6, 6.07) is 19.9. The summed E-state index contributed by atoms with van der Waals surface area (Å²) in [5.74, 6) is 0.427. The predicted octanol–water partition coefficient (Wildman–Crippen LogP) is 3.95. The summed E-state index contributed by atoms with van der Waals surface area (Å²) in [7, 11) is 0. The maximum absolute atomic E-state index is 12.7. The number of hydrogen-bond acceptors (Lipinski definition) is 6. The van der Waals surface area contributed by atoms with E-state index < -0.39 is 12.1 Å². The van der Waals surface area contributed by atoms with E-state index in [0.717, 1.165) is 16.8 Å². The number of ether oxygens (including phenoxy) is 2. The Hall–Kier alpha value is -4.18. The molecular weight excluding hydrogens is 406 g/mol. The number of carbonyl (C=O) groups is 2. The molecule has 0 N–H and O–H groups in total. The van der Waals surface area contributed by atoms with E-state index in [-0.39, 0.29) is 18.0 Å². The van der Waals surface area contributed by atoms with Crippen LogP contribution < -0.4 is 9.64 Å². The molecule has 1 aliphatic heterocycles. The van der Waals surface area contributed by atoms with Gasteiger partial charge in [-0.25, -0.2) is 4.98 Å². The van der Waals surface area contributed by atoms with E-state index in [2.05, 4.69) is 4.98 Å². The monoisotopic (exact) mass is 427 g/mol. The minimum atomic E-state index is -0.758. The smallest absolute Gasteiger partial charge is 0.311 e. The topological polar surface area (TPSA) is 92.5 Å². The van der Waals surface area contributed by atoms with E-state index in [1.807, 2.05) is 37.3 Å². The predicted molar refractivity (Wildman–Crippen MR) is 117 cm³/mol. The van der Waals surface area contributed by atoms with E-state index in [1.54, 1.807) is 41.3 Å². The summed E-state index contributed by atoms with van der Waals surface area (Å²) in [4.78, 5) is 30.6. The summed E-state index contributed by atoms with van der Waals surface area (Å²) in [5, 5.41) is 8.91. The molecule has 1 aliphatic rings. The molecule has 1 atom stereocenters. The Kier molecular flexibility index (Phi) is 6.13. The van der Waals surface area contributed by atoms with Crippen molar-refractivity contribution in [2.45, 2.75) is 25.9 Å². The SMILES string of the molecule is Cc1cccc(N2CCC(OC(=O)Cc3ccc(Oc4ccnc(C#N)c4)cc3)C2=O)c1. The van der Waals surface area contributed by atoms with Gasteiger partial charge in [0.25, 0.3) is 5.91 Å². The quantitative estimate of drug-likeness (QED) is 0.553. The molecule has 2 heterocycles. The number of nitrogens with zero attached hydrogens (tertiary/aromatic N) is 3. The van der Waals surface area contributed by atoms with Crippen molar-refractivity contribution in [1.82, 2.24) is 4.98 Å². The van der Waals surface area contributed by atoms with Crippen molar-refractivity contribution >= 4 is 17.6 Å². The summed E-state index contributed by atoms with van der Waals surface area (Å²) < 4.78 is 11.2. The van der Waals surface area contributed by atoms with Crippen LogP contribution in [0.3, 0.4) is 0 Å². The maximum Gasteiger partial charge on any atom is 0.311 e. The van der Waals surface area contributed by atoms with E-state index >= 15 is 0 Å². The molecule has 1 fully saturated rings. The first-order valence-electron chi connectivity index (χ1n) is 10.2. The molecule has 1 amide bonds. The van der Waals surface area contributed by atoms with Crippen LogP contribution in [-0.2, 0) is 20.7 Å². The van der Waals surface area contributed by atoms with Crippen LogP contribution in [0.1, 0.15) is 23.2 Å². The van der Waals surface area contributed by atoms with Gasteiger partial charge in [-0.2, -0.15) is 5.26 Å². The molecule has 7 heteroatoms. The fourth-order valence-electron chi connectivity index (χ4n) is 3.53. The summed E-state index contributed by atoms with van der Waals surface area (Å²) >= 11 is 0. The molecular formula is C25H21N3O4. The van der Waals surface area contributed by atoms with Gasteiger partial charge in [0.05, 0.1) is 6.42 Å². The number of carbonyl (C=O) groups excluding carboxylic acids is 2. The number of anilines is 1. The van der Waals surface area contributed by atoms with Crippen LogP contribution in [0.2, 0.25) is 0 Å². The molecule has 0 bridgehead atoms. The molecule has 1 saturated heterocycles. The largest absolute Gasteiger partial charge is 0.457 e. The van der Waals surface area contributed by atoms with E-state index in [4.69, 9.17) is 14.7 Å². The maximum atomic E-state index is 12.7. The Morgan fingerprint density at radius 1 is 1.16 bits per heavy atom. The molecule has 0 aliphatic carbocycles. The van der Waals surface area contributed by atoms with Gasteiger partial charge in [-0.3, -0.25) is 9.59 Å². The minimum Gasteiger partial charge on any atom is -0.457 e. The summed E-state index contributed by atoms with van der Waals surface area (Å²) in [5.41, 5.74) is 2.90. The van der Waals surface area contributed by atoms with Crippen molar-refractivity contribution in [2.75, 3.05) is 11.4 Å². The number of nitriles is 1. The van der Waals surface area contributed by atoms with Crippen molar-refractivity contribution in [3.63, 3.8) is 0 Å². The Balaban J connectivity index is 1.32. The van der Waals surface area contributed by atoms with Crippen LogP contribution in [0.25, 0.3) is 0 Å². The minimum absolute atomic E-state index is 0.0579. The molecule has 3 aromatic rings. The lowest BCUT2D eigenvalue weighted by molar-refractivity contribution is -0.152. The van der Waals surface area contributed by atoms with Gasteiger partial charge in [0, 0.05) is 30.9 Å². The van der Waals surface area contributed by atoms with Crippen LogP contribution in [0.5, 0.6) is 11.5 Å². The average Bonchev–Trinajstić information content (AvgIpc) is 3.15. The van der Waals surface area contributed by atoms with Gasteiger partial charge in [-0.15, -0.1) is 0 Å². The van der Waals surface area contributed by atoms with Crippen molar-refractivity contribution < 1.29 is 19.1 Å². The molecule has 0 saturated carbocycles. The molecule has 4 rings (SSSR count). The van der Waals surface area contributed by atoms with Crippen molar-refractivity contribution in [3.05, 3.63) is 83.7 Å². The second-order valence-electron chi connectivity index (χ2n) is 7.51. The normalized spacial score (nSPS) is 15.3. The standard InChI is InChI=1S/C25H21N3O4/c1-17-3-2-4-20(13-17)28-12-10-23(25(28)30)32-24(29)14-18-5-7-21(8-6-18)31-22-9-11-27-19(15-22)16-26/h2-9,11,13,15,23H,10,12,14H2,1H3. The summed E-state index contributed by atoms with van der Waals surface area (Å²) in [6.45, 7) is 2.49. The second-order valence-corrected chi connectivity index (χ2v) is 7.51. The highest BCUT2D eigenvalue weighted by Gasteiger charge is 2.35. The van der Waals surface area contributed by atoms with Crippen molar-refractivity contribution in [2.24, 2.45) is 0 Å². The number of rotatable bonds is 6. The van der Waals surface area contributed by atoms with Crippen LogP contribution in [0, 0.1) is 18.3 Å². The second kappa shape index (κ2) is 9.31. The number of aryl methyl sites for hydroxylation is 1. The van der Waals surface area contributed by atoms with Gasteiger partial charge in [-0.1, -0.05) is 24.3 Å². The number of aromatic nitrogens is 1. The lowest BCUT2D eigenvalue weighted by atomic mass is 10.1. The van der Waals surface area contributed by atoms with Crippen molar-refractivity contribution in [3.8, 4) is 17.6 Å². The fourth-order valence-corrected chi connectivity index (χ4v) is 3.53. The van der Waals surface area contributed by atoms with Gasteiger partial charge in [-0.05, 0) is 48.4 Å². The Bertz CT molecular complexity index is 1180. The van der Waals surface area contributed by atoms with Crippen LogP contribution in [-0.4, -0.2) is 29.5 Å². The first-order valence-corrected chi connectivity index (χ1v) is 10.2. The number of hydrogen-bond donors (Lipinski definition) is 0. The van der Waals surface area contributed by atoms with Crippen molar-refractivity contribution in [1.29, 1.82) is 5.26 Å². The number of esters is 1. The van der Waals surface area contributed by atoms with Crippen LogP contribution in [0.15, 0.2) is 66.9 Å². The molecule has 1 unspecified atom stereocenters. The highest BCUT2D eigenvalue weighted by atomic mass is 16.5. The highest BCUT2D eigenvalue weighted by Crippen LogP contribution is 2.25. The van der Waals surface area contributed by atoms with Gasteiger partial charge < -0.3 is 14.4 Å². The van der Waals surface area contributed by atoms with E-state index in [1.165, 1.54) is 6.20 Å². The average molecular weight is 427 g/mol. The Morgan fingerprint density at radius 3 is 2.72 bits per heavy atom. The van der Waals surface area contributed by atoms with Crippen LogP contribution >= 0.6 is 0 Å². The van der Waals surface area contributed by atoms with Crippen LogP contribution in [0.4, 0.5) is 5.69 Å². The number of pyridine rings is 1. The van der Waals surface area contributed by atoms with E-state index in [0.29, 0.717) is 24.5 Å². The fraction of sp³-hybridized carbons (Fsp3) is 0.200. The van der Waals surface area contributed by atoms with Gasteiger partial charge in [0.2, 0.25) is 0 Å². The highest BCUT2D eigenvalue weighted by molar-refractivity contribution is 5.99. The molecule has 7 nitrogen and oxygen atoms in total. The zero-order chi connectivity index (χ0) is 22.5. The lowest BCUT2D eigenvalue weighted by Gasteiger charge is -2.17. The Morgan fingerprint density at radius 2 is 1.97 bits per heavy atom. The molecule has 0 spiro atoms. The lowest BCUT2D eigenvalue weighted by Crippen LogP contribution is -2.32. The van der Waals surface area contributed by atoms with Gasteiger partial charge in [0.15, 0.2) is 6.10 Å². The molecule has 1 aromatic heterocycles. The third-order valence-corrected chi connectivity index (χ3v) is 5.10.